The lowest BCUT2D eigenvalue weighted by atomic mass is 9.94. The number of nitrogens with zero attached hydrogens (tertiary/aromatic N) is 2. The molecule has 5 heteroatoms. The van der Waals surface area contributed by atoms with Crippen molar-refractivity contribution in [3.8, 4) is 0 Å². The highest BCUT2D eigenvalue weighted by molar-refractivity contribution is 5.80. The summed E-state index contributed by atoms with van der Waals surface area (Å²) in [5, 5.41) is 3.36. The van der Waals surface area contributed by atoms with E-state index in [1.54, 1.807) is 0 Å². The molecule has 0 aliphatic carbocycles. The Morgan fingerprint density at radius 1 is 1.38 bits per heavy atom. The van der Waals surface area contributed by atoms with Crippen LogP contribution in [0, 0.1) is 5.92 Å². The predicted octanol–water partition coefficient (Wildman–Crippen LogP) is 1.19. The van der Waals surface area contributed by atoms with Gasteiger partial charge in [0, 0.05) is 13.1 Å². The molecule has 1 saturated heterocycles. The maximum Gasteiger partial charge on any atom is 0.327 e. The lowest BCUT2D eigenvalue weighted by molar-refractivity contribution is -0.149. The van der Waals surface area contributed by atoms with Crippen LogP contribution in [0.3, 0.4) is 0 Å². The molecule has 0 saturated carbocycles. The van der Waals surface area contributed by atoms with Gasteiger partial charge < -0.3 is 19.9 Å². The SMILES string of the molecule is CCCNC(C)(CN1CCC(CN(C)C)CC1)C(=O)OC. The van der Waals surface area contributed by atoms with Gasteiger partial charge in [-0.2, -0.15) is 0 Å². The number of nitrogens with one attached hydrogen (secondary N) is 1. The third-order valence-electron chi connectivity index (χ3n) is 4.27. The van der Waals surface area contributed by atoms with Crippen LogP contribution in [0.1, 0.15) is 33.1 Å². The van der Waals surface area contributed by atoms with Gasteiger partial charge in [-0.25, -0.2) is 0 Å². The van der Waals surface area contributed by atoms with E-state index in [1.807, 2.05) is 6.92 Å². The van der Waals surface area contributed by atoms with Crippen molar-refractivity contribution in [2.24, 2.45) is 5.92 Å². The zero-order chi connectivity index (χ0) is 15.9. The Balaban J connectivity index is 2.51. The number of piperidine rings is 1. The predicted molar refractivity (Wildman–Crippen MR) is 86.4 cm³/mol. The summed E-state index contributed by atoms with van der Waals surface area (Å²) in [4.78, 5) is 16.8. The van der Waals surface area contributed by atoms with Crippen molar-refractivity contribution in [1.82, 2.24) is 15.1 Å². The number of likely N-dealkylation sites (tertiary alicyclic amines) is 1. The second kappa shape index (κ2) is 8.71. The first-order valence-electron chi connectivity index (χ1n) is 8.11. The van der Waals surface area contributed by atoms with Crippen molar-refractivity contribution >= 4 is 5.97 Å². The van der Waals surface area contributed by atoms with Gasteiger partial charge in [-0.15, -0.1) is 0 Å². The van der Waals surface area contributed by atoms with Crippen molar-refractivity contribution in [2.45, 2.75) is 38.6 Å². The monoisotopic (exact) mass is 299 g/mol. The molecule has 1 fully saturated rings. The zero-order valence-corrected chi connectivity index (χ0v) is 14.4. The standard InChI is InChI=1S/C16H33N3O2/c1-6-9-17-16(2,15(20)21-5)13-19-10-7-14(8-11-19)12-18(3)4/h14,17H,6-13H2,1-5H3. The first kappa shape index (κ1) is 18.4. The molecule has 0 bridgehead atoms. The van der Waals surface area contributed by atoms with Gasteiger partial charge in [0.2, 0.25) is 0 Å². The van der Waals surface area contributed by atoms with Gasteiger partial charge in [0.15, 0.2) is 0 Å². The Morgan fingerprint density at radius 2 is 2.00 bits per heavy atom. The van der Waals surface area contributed by atoms with Crippen LogP contribution in [0.4, 0.5) is 0 Å². The third-order valence-corrected chi connectivity index (χ3v) is 4.27. The van der Waals surface area contributed by atoms with Crippen molar-refractivity contribution in [1.29, 1.82) is 0 Å². The summed E-state index contributed by atoms with van der Waals surface area (Å²) in [7, 11) is 5.74. The van der Waals surface area contributed by atoms with Crippen molar-refractivity contribution in [2.75, 3.05) is 53.9 Å². The molecule has 1 N–H and O–H groups in total. The minimum Gasteiger partial charge on any atom is -0.468 e. The summed E-state index contributed by atoms with van der Waals surface area (Å²) in [5.74, 6) is 0.621. The molecule has 1 aliphatic heterocycles. The fraction of sp³-hybridized carbons (Fsp3) is 0.938. The molecule has 0 amide bonds. The largest absolute Gasteiger partial charge is 0.468 e. The first-order chi connectivity index (χ1) is 9.91. The Labute approximate surface area is 130 Å². The second-order valence-corrected chi connectivity index (χ2v) is 6.73. The number of ether oxygens (including phenoxy) is 1. The van der Waals surface area contributed by atoms with Crippen LogP contribution in [-0.2, 0) is 9.53 Å². The van der Waals surface area contributed by atoms with E-state index in [4.69, 9.17) is 4.74 Å². The van der Waals surface area contributed by atoms with Gasteiger partial charge in [-0.05, 0) is 65.8 Å². The molecule has 1 atom stereocenters. The molecule has 0 aromatic heterocycles. The fourth-order valence-electron chi connectivity index (χ4n) is 3.11. The zero-order valence-electron chi connectivity index (χ0n) is 14.4. The minimum absolute atomic E-state index is 0.161. The normalized spacial score (nSPS) is 20.5. The van der Waals surface area contributed by atoms with Gasteiger partial charge >= 0.3 is 5.97 Å². The highest BCUT2D eigenvalue weighted by Crippen LogP contribution is 2.20. The van der Waals surface area contributed by atoms with Crippen LogP contribution in [0.2, 0.25) is 0 Å². The Hall–Kier alpha value is -0.650. The van der Waals surface area contributed by atoms with E-state index in [-0.39, 0.29) is 5.97 Å². The number of hydrogen-bond acceptors (Lipinski definition) is 5. The van der Waals surface area contributed by atoms with E-state index in [0.29, 0.717) is 0 Å². The van der Waals surface area contributed by atoms with Gasteiger partial charge in [-0.1, -0.05) is 6.92 Å². The topological polar surface area (TPSA) is 44.8 Å². The summed E-state index contributed by atoms with van der Waals surface area (Å²) >= 11 is 0. The Morgan fingerprint density at radius 3 is 2.48 bits per heavy atom. The quantitative estimate of drug-likeness (QED) is 0.682. The lowest BCUT2D eigenvalue weighted by Gasteiger charge is -2.38. The average Bonchev–Trinajstić information content (AvgIpc) is 2.45. The summed E-state index contributed by atoms with van der Waals surface area (Å²) in [6.07, 6.45) is 3.43. The van der Waals surface area contributed by atoms with Crippen LogP contribution in [0.15, 0.2) is 0 Å². The van der Waals surface area contributed by atoms with Gasteiger partial charge in [0.1, 0.15) is 5.54 Å². The van der Waals surface area contributed by atoms with E-state index in [1.165, 1.54) is 20.0 Å². The van der Waals surface area contributed by atoms with E-state index < -0.39 is 5.54 Å². The third kappa shape index (κ3) is 5.93. The average molecular weight is 299 g/mol. The first-order valence-corrected chi connectivity index (χ1v) is 8.11. The number of hydrogen-bond donors (Lipinski definition) is 1. The van der Waals surface area contributed by atoms with Crippen LogP contribution < -0.4 is 5.32 Å². The molecule has 0 aromatic rings. The van der Waals surface area contributed by atoms with Crippen LogP contribution in [0.25, 0.3) is 0 Å². The highest BCUT2D eigenvalue weighted by Gasteiger charge is 2.36. The van der Waals surface area contributed by atoms with Crippen molar-refractivity contribution in [3.05, 3.63) is 0 Å². The number of esters is 1. The number of carbonyl (C=O) groups is 1. The number of rotatable bonds is 8. The molecular weight excluding hydrogens is 266 g/mol. The molecular formula is C16H33N3O2. The molecule has 1 heterocycles. The second-order valence-electron chi connectivity index (χ2n) is 6.73. The smallest absolute Gasteiger partial charge is 0.327 e. The Kier molecular flexibility index (Phi) is 7.63. The molecule has 21 heavy (non-hydrogen) atoms. The molecule has 0 spiro atoms. The summed E-state index contributed by atoms with van der Waals surface area (Å²) < 4.78 is 4.99. The summed E-state index contributed by atoms with van der Waals surface area (Å²) in [6, 6.07) is 0. The van der Waals surface area contributed by atoms with Gasteiger partial charge in [0.25, 0.3) is 0 Å². The van der Waals surface area contributed by atoms with Gasteiger partial charge in [-0.3, -0.25) is 4.79 Å². The minimum atomic E-state index is -0.598. The highest BCUT2D eigenvalue weighted by atomic mass is 16.5. The molecule has 1 aliphatic rings. The number of methoxy groups -OCH3 is 1. The maximum absolute atomic E-state index is 12.1. The lowest BCUT2D eigenvalue weighted by Crippen LogP contribution is -2.58. The maximum atomic E-state index is 12.1. The van der Waals surface area contributed by atoms with Crippen molar-refractivity contribution in [3.63, 3.8) is 0 Å². The molecule has 1 unspecified atom stereocenters. The Bertz CT molecular complexity index is 315. The van der Waals surface area contributed by atoms with E-state index in [0.717, 1.165) is 45.1 Å². The van der Waals surface area contributed by atoms with Crippen LogP contribution >= 0.6 is 0 Å². The van der Waals surface area contributed by atoms with Crippen LogP contribution in [0.5, 0.6) is 0 Å². The summed E-state index contributed by atoms with van der Waals surface area (Å²) in [5.41, 5.74) is -0.598. The molecule has 0 radical (unpaired) electrons. The van der Waals surface area contributed by atoms with E-state index in [9.17, 15) is 4.79 Å². The molecule has 124 valence electrons. The molecule has 5 nitrogen and oxygen atoms in total. The van der Waals surface area contributed by atoms with Crippen LogP contribution in [-0.4, -0.2) is 75.2 Å². The van der Waals surface area contributed by atoms with E-state index in [2.05, 4.69) is 36.1 Å². The summed E-state index contributed by atoms with van der Waals surface area (Å²) in [6.45, 7) is 8.93. The van der Waals surface area contributed by atoms with E-state index >= 15 is 0 Å². The molecule has 0 aromatic carbocycles. The number of carbonyl (C=O) groups excluding carboxylic acids is 1. The van der Waals surface area contributed by atoms with Gasteiger partial charge in [0.05, 0.1) is 7.11 Å². The molecule has 1 rings (SSSR count). The van der Waals surface area contributed by atoms with Crippen molar-refractivity contribution < 1.29 is 9.53 Å². The fourth-order valence-corrected chi connectivity index (χ4v) is 3.11.